The van der Waals surface area contributed by atoms with E-state index in [1.807, 2.05) is 0 Å². The predicted octanol–water partition coefficient (Wildman–Crippen LogP) is 0.641. The van der Waals surface area contributed by atoms with Crippen LogP contribution in [0.2, 0.25) is 0 Å². The van der Waals surface area contributed by atoms with Crippen LogP contribution in [0.1, 0.15) is 12.8 Å². The molecule has 0 aromatic heterocycles. The van der Waals surface area contributed by atoms with Gasteiger partial charge in [-0.25, -0.2) is 4.79 Å². The average Bonchev–Trinajstić information content (AvgIpc) is 2.67. The first-order valence-corrected chi connectivity index (χ1v) is 5.51. The van der Waals surface area contributed by atoms with E-state index in [1.54, 1.807) is 0 Å². The second-order valence-corrected chi connectivity index (χ2v) is 4.57. The number of carboxylic acid groups (broad SMARTS) is 1. The van der Waals surface area contributed by atoms with Gasteiger partial charge in [0.2, 0.25) is 0 Å². The number of hydrogen-bond acceptors (Lipinski definition) is 3. The van der Waals surface area contributed by atoms with E-state index in [2.05, 4.69) is 0 Å². The Bertz CT molecular complexity index is 384. The van der Waals surface area contributed by atoms with Crippen LogP contribution in [-0.4, -0.2) is 53.4 Å². The lowest BCUT2D eigenvalue weighted by atomic mass is 9.85. The maximum Gasteiger partial charge on any atom is 0.471 e. The molecule has 0 saturated carbocycles. The number of alkyl halides is 3. The Morgan fingerprint density at radius 1 is 1.39 bits per heavy atom. The quantitative estimate of drug-likeness (QED) is 0.757. The van der Waals surface area contributed by atoms with E-state index >= 15 is 0 Å². The Morgan fingerprint density at radius 2 is 2.06 bits per heavy atom. The number of carboxylic acids is 1. The molecule has 2 aliphatic rings. The fourth-order valence-electron chi connectivity index (χ4n) is 2.60. The van der Waals surface area contributed by atoms with Crippen LogP contribution >= 0.6 is 0 Å². The van der Waals surface area contributed by atoms with E-state index < -0.39 is 36.1 Å². The maximum absolute atomic E-state index is 12.3. The van der Waals surface area contributed by atoms with Crippen LogP contribution in [-0.2, 0) is 14.3 Å². The number of carbonyl (C=O) groups is 2. The third kappa shape index (κ3) is 1.94. The van der Waals surface area contributed by atoms with E-state index in [-0.39, 0.29) is 13.2 Å². The molecule has 1 N–H and O–H groups in total. The molecule has 1 amide bonds. The average molecular weight is 267 g/mol. The summed E-state index contributed by atoms with van der Waals surface area (Å²) in [4.78, 5) is 22.9. The van der Waals surface area contributed by atoms with Gasteiger partial charge >= 0.3 is 18.1 Å². The molecule has 2 saturated heterocycles. The highest BCUT2D eigenvalue weighted by atomic mass is 19.4. The number of rotatable bonds is 1. The molecule has 0 radical (unpaired) electrons. The van der Waals surface area contributed by atoms with Gasteiger partial charge < -0.3 is 14.7 Å². The zero-order valence-corrected chi connectivity index (χ0v) is 9.37. The number of halogens is 3. The molecule has 2 unspecified atom stereocenters. The second kappa shape index (κ2) is 4.11. The first-order valence-electron chi connectivity index (χ1n) is 5.51. The first-order chi connectivity index (χ1) is 8.27. The number of hydrogen-bond donors (Lipinski definition) is 1. The van der Waals surface area contributed by atoms with Crippen LogP contribution in [0.4, 0.5) is 13.2 Å². The molecule has 8 heteroatoms. The van der Waals surface area contributed by atoms with Crippen LogP contribution in [0.5, 0.6) is 0 Å². The molecule has 0 spiro atoms. The number of carbonyl (C=O) groups excluding carboxylic acids is 1. The number of ether oxygens (including phenoxy) is 1. The molecule has 0 bridgehead atoms. The molecule has 18 heavy (non-hydrogen) atoms. The third-order valence-corrected chi connectivity index (χ3v) is 3.47. The normalized spacial score (nSPS) is 32.2. The zero-order chi connectivity index (χ0) is 13.6. The van der Waals surface area contributed by atoms with E-state index in [0.717, 1.165) is 0 Å². The minimum absolute atomic E-state index is 0.191. The van der Waals surface area contributed by atoms with Gasteiger partial charge in [0.05, 0.1) is 6.54 Å². The van der Waals surface area contributed by atoms with Crippen LogP contribution in [0.25, 0.3) is 0 Å². The Labute approximate surface area is 100 Å². The van der Waals surface area contributed by atoms with Crippen LogP contribution < -0.4 is 0 Å². The molecule has 2 rings (SSSR count). The Kier molecular flexibility index (Phi) is 3.00. The van der Waals surface area contributed by atoms with Crippen molar-refractivity contribution in [3.8, 4) is 0 Å². The molecule has 2 fully saturated rings. The Balaban J connectivity index is 2.22. The molecule has 0 aliphatic carbocycles. The molecule has 5 nitrogen and oxygen atoms in total. The van der Waals surface area contributed by atoms with Crippen molar-refractivity contribution in [1.29, 1.82) is 0 Å². The largest absolute Gasteiger partial charge is 0.479 e. The summed E-state index contributed by atoms with van der Waals surface area (Å²) in [6.45, 7) is -0.563. The smallest absolute Gasteiger partial charge is 0.471 e. The van der Waals surface area contributed by atoms with E-state index in [4.69, 9.17) is 9.84 Å². The molecular formula is C10H12F3NO4. The summed E-state index contributed by atoms with van der Waals surface area (Å²) in [5, 5.41) is 9.16. The van der Waals surface area contributed by atoms with Crippen molar-refractivity contribution in [3.63, 3.8) is 0 Å². The lowest BCUT2D eigenvalue weighted by molar-refractivity contribution is -0.187. The van der Waals surface area contributed by atoms with Crippen LogP contribution in [0.15, 0.2) is 0 Å². The summed E-state index contributed by atoms with van der Waals surface area (Å²) in [6.07, 6.45) is -3.94. The van der Waals surface area contributed by atoms with E-state index in [9.17, 15) is 22.8 Å². The van der Waals surface area contributed by atoms with E-state index in [0.29, 0.717) is 17.7 Å². The molecule has 2 heterocycles. The van der Waals surface area contributed by atoms with Gasteiger partial charge in [-0.1, -0.05) is 0 Å². The van der Waals surface area contributed by atoms with Gasteiger partial charge in [-0.05, 0) is 12.8 Å². The Hall–Kier alpha value is -1.31. The SMILES string of the molecule is O=C(N1CC2CCCOC2(C(=O)O)C1)C(F)(F)F. The van der Waals surface area contributed by atoms with Crippen molar-refractivity contribution in [3.05, 3.63) is 0 Å². The van der Waals surface area contributed by atoms with Crippen molar-refractivity contribution in [2.45, 2.75) is 24.6 Å². The fourth-order valence-corrected chi connectivity index (χ4v) is 2.60. The molecule has 2 aliphatic heterocycles. The Morgan fingerprint density at radius 3 is 2.56 bits per heavy atom. The topological polar surface area (TPSA) is 66.8 Å². The molecule has 102 valence electrons. The number of fused-ring (bicyclic) bond motifs is 1. The number of amides is 1. The first kappa shape index (κ1) is 13.1. The van der Waals surface area contributed by atoms with Gasteiger partial charge in [0.25, 0.3) is 0 Å². The summed E-state index contributed by atoms with van der Waals surface area (Å²) in [7, 11) is 0. The summed E-state index contributed by atoms with van der Waals surface area (Å²) in [5.74, 6) is -3.87. The standard InChI is InChI=1S/C10H12F3NO4/c11-10(12,13)7(15)14-4-6-2-1-3-18-9(6,5-14)8(16)17/h6H,1-5H2,(H,16,17). The summed E-state index contributed by atoms with van der Waals surface area (Å²) < 4.78 is 42.2. The summed E-state index contributed by atoms with van der Waals surface area (Å²) in [5.41, 5.74) is -1.67. The minimum atomic E-state index is -4.98. The molecule has 0 aromatic rings. The van der Waals surface area contributed by atoms with Crippen LogP contribution in [0.3, 0.4) is 0 Å². The van der Waals surface area contributed by atoms with Crippen molar-refractivity contribution < 1.29 is 32.6 Å². The lowest BCUT2D eigenvalue weighted by Crippen LogP contribution is -2.52. The van der Waals surface area contributed by atoms with Crippen molar-refractivity contribution >= 4 is 11.9 Å². The second-order valence-electron chi connectivity index (χ2n) is 4.57. The lowest BCUT2D eigenvalue weighted by Gasteiger charge is -2.34. The monoisotopic (exact) mass is 267 g/mol. The highest BCUT2D eigenvalue weighted by molar-refractivity contribution is 5.85. The van der Waals surface area contributed by atoms with Crippen molar-refractivity contribution in [2.24, 2.45) is 5.92 Å². The van der Waals surface area contributed by atoms with Gasteiger partial charge in [-0.3, -0.25) is 4.79 Å². The van der Waals surface area contributed by atoms with Gasteiger partial charge in [0.1, 0.15) is 0 Å². The number of nitrogens with zero attached hydrogens (tertiary/aromatic N) is 1. The van der Waals surface area contributed by atoms with Crippen molar-refractivity contribution in [2.75, 3.05) is 19.7 Å². The molecule has 0 aromatic carbocycles. The zero-order valence-electron chi connectivity index (χ0n) is 9.37. The van der Waals surface area contributed by atoms with Crippen LogP contribution in [0, 0.1) is 5.92 Å². The minimum Gasteiger partial charge on any atom is -0.479 e. The molecule has 2 atom stereocenters. The summed E-state index contributed by atoms with van der Waals surface area (Å²) in [6, 6.07) is 0. The third-order valence-electron chi connectivity index (χ3n) is 3.47. The highest BCUT2D eigenvalue weighted by Crippen LogP contribution is 2.39. The van der Waals surface area contributed by atoms with Gasteiger partial charge in [-0.2, -0.15) is 13.2 Å². The number of aliphatic carboxylic acids is 1. The van der Waals surface area contributed by atoms with E-state index in [1.165, 1.54) is 0 Å². The number of likely N-dealkylation sites (tertiary alicyclic amines) is 1. The molecular weight excluding hydrogens is 255 g/mol. The van der Waals surface area contributed by atoms with Gasteiger partial charge in [0.15, 0.2) is 5.60 Å². The summed E-state index contributed by atoms with van der Waals surface area (Å²) >= 11 is 0. The van der Waals surface area contributed by atoms with Gasteiger partial charge in [-0.15, -0.1) is 0 Å². The van der Waals surface area contributed by atoms with Gasteiger partial charge in [0, 0.05) is 19.1 Å². The highest BCUT2D eigenvalue weighted by Gasteiger charge is 2.58. The maximum atomic E-state index is 12.3. The van der Waals surface area contributed by atoms with Crippen molar-refractivity contribution in [1.82, 2.24) is 4.90 Å². The predicted molar refractivity (Wildman–Crippen MR) is 51.7 cm³/mol. The fraction of sp³-hybridized carbons (Fsp3) is 0.800.